The zero-order chi connectivity index (χ0) is 13.4. The minimum Gasteiger partial charge on any atom is -0.350 e. The van der Waals surface area contributed by atoms with Gasteiger partial charge in [0.2, 0.25) is 0 Å². The number of nitrogens with zero attached hydrogens (tertiary/aromatic N) is 3. The first-order valence-corrected chi connectivity index (χ1v) is 7.24. The van der Waals surface area contributed by atoms with E-state index in [4.69, 9.17) is 0 Å². The second kappa shape index (κ2) is 4.83. The Morgan fingerprint density at radius 2 is 2.16 bits per heavy atom. The summed E-state index contributed by atoms with van der Waals surface area (Å²) in [5, 5.41) is 6.25. The summed E-state index contributed by atoms with van der Waals surface area (Å²) in [6.07, 6.45) is 8.40. The van der Waals surface area contributed by atoms with Crippen molar-refractivity contribution in [3.05, 3.63) is 28.4 Å². The second-order valence-electron chi connectivity index (χ2n) is 5.91. The minimum atomic E-state index is 0.0695. The Labute approximate surface area is 113 Å². The highest BCUT2D eigenvalue weighted by atomic mass is 16.1. The third-order valence-electron chi connectivity index (χ3n) is 4.00. The largest absolute Gasteiger partial charge is 0.350 e. The topological polar surface area (TPSA) is 39.8 Å². The molecule has 0 aliphatic carbocycles. The Bertz CT molecular complexity index is 651. The maximum Gasteiger partial charge on any atom is 0.276 e. The third kappa shape index (κ3) is 2.20. The molecule has 0 N–H and O–H groups in total. The van der Waals surface area contributed by atoms with E-state index in [-0.39, 0.29) is 5.56 Å². The Morgan fingerprint density at radius 1 is 1.32 bits per heavy atom. The molecule has 2 aromatic heterocycles. The quantitative estimate of drug-likeness (QED) is 0.850. The van der Waals surface area contributed by atoms with Gasteiger partial charge in [-0.15, -0.1) is 0 Å². The van der Waals surface area contributed by atoms with Gasteiger partial charge in [-0.2, -0.15) is 5.10 Å². The number of aryl methyl sites for hydroxylation is 3. The van der Waals surface area contributed by atoms with Gasteiger partial charge in [0, 0.05) is 30.4 Å². The van der Waals surface area contributed by atoms with Crippen LogP contribution >= 0.6 is 0 Å². The molecule has 0 saturated carbocycles. The van der Waals surface area contributed by atoms with Crippen molar-refractivity contribution in [1.82, 2.24) is 14.3 Å². The lowest BCUT2D eigenvalue weighted by atomic mass is 10.1. The number of aromatic nitrogens is 3. The van der Waals surface area contributed by atoms with E-state index in [1.807, 2.05) is 12.4 Å². The van der Waals surface area contributed by atoms with Gasteiger partial charge >= 0.3 is 0 Å². The van der Waals surface area contributed by atoms with Crippen molar-refractivity contribution in [3.8, 4) is 0 Å². The highest BCUT2D eigenvalue weighted by molar-refractivity contribution is 5.84. The van der Waals surface area contributed by atoms with Gasteiger partial charge in [0.1, 0.15) is 0 Å². The second-order valence-corrected chi connectivity index (χ2v) is 5.91. The lowest BCUT2D eigenvalue weighted by molar-refractivity contribution is 0.474. The van der Waals surface area contributed by atoms with Gasteiger partial charge in [0.05, 0.1) is 11.6 Å². The summed E-state index contributed by atoms with van der Waals surface area (Å²) in [7, 11) is 0. The molecule has 0 unspecified atom stereocenters. The van der Waals surface area contributed by atoms with Gasteiger partial charge in [0.25, 0.3) is 5.56 Å². The molecule has 3 rings (SSSR count). The molecule has 0 saturated heterocycles. The molecule has 1 aliphatic heterocycles. The maximum absolute atomic E-state index is 12.4. The van der Waals surface area contributed by atoms with Crippen LogP contribution in [0.4, 0.5) is 0 Å². The Kier molecular flexibility index (Phi) is 3.17. The number of rotatable bonds is 3. The van der Waals surface area contributed by atoms with Crippen molar-refractivity contribution < 1.29 is 0 Å². The first kappa shape index (κ1) is 12.5. The van der Waals surface area contributed by atoms with Crippen molar-refractivity contribution >= 4 is 10.8 Å². The van der Waals surface area contributed by atoms with E-state index in [1.165, 1.54) is 18.5 Å². The first-order valence-electron chi connectivity index (χ1n) is 7.24. The van der Waals surface area contributed by atoms with Crippen molar-refractivity contribution in [2.24, 2.45) is 5.92 Å². The van der Waals surface area contributed by atoms with Crippen molar-refractivity contribution in [2.45, 2.75) is 52.6 Å². The number of hydrogen-bond donors (Lipinski definition) is 0. The van der Waals surface area contributed by atoms with Crippen LogP contribution in [0.25, 0.3) is 10.8 Å². The molecular weight excluding hydrogens is 238 g/mol. The van der Waals surface area contributed by atoms with E-state index in [0.717, 1.165) is 30.2 Å². The van der Waals surface area contributed by atoms with Crippen molar-refractivity contribution in [1.29, 1.82) is 0 Å². The summed E-state index contributed by atoms with van der Waals surface area (Å²) in [5.41, 5.74) is 1.36. The lowest BCUT2D eigenvalue weighted by Gasteiger charge is -2.14. The van der Waals surface area contributed by atoms with Crippen LogP contribution in [0.5, 0.6) is 0 Å². The van der Waals surface area contributed by atoms with Gasteiger partial charge in [-0.3, -0.25) is 4.79 Å². The molecule has 0 bridgehead atoms. The van der Waals surface area contributed by atoms with E-state index in [1.54, 1.807) is 4.68 Å². The smallest absolute Gasteiger partial charge is 0.276 e. The van der Waals surface area contributed by atoms with Gasteiger partial charge in [-0.25, -0.2) is 4.68 Å². The summed E-state index contributed by atoms with van der Waals surface area (Å²) >= 11 is 0. The molecule has 1 aliphatic rings. The molecule has 0 amide bonds. The van der Waals surface area contributed by atoms with E-state index in [9.17, 15) is 4.79 Å². The Morgan fingerprint density at radius 3 is 2.95 bits per heavy atom. The van der Waals surface area contributed by atoms with Crippen LogP contribution in [0.2, 0.25) is 0 Å². The molecule has 102 valence electrons. The first-order chi connectivity index (χ1) is 9.16. The summed E-state index contributed by atoms with van der Waals surface area (Å²) in [5.74, 6) is 0.589. The van der Waals surface area contributed by atoms with Crippen LogP contribution in [-0.2, 0) is 19.5 Å². The van der Waals surface area contributed by atoms with E-state index in [0.29, 0.717) is 12.5 Å². The van der Waals surface area contributed by atoms with Crippen LogP contribution in [0.1, 0.15) is 38.8 Å². The molecule has 4 nitrogen and oxygen atoms in total. The van der Waals surface area contributed by atoms with Crippen LogP contribution in [0.3, 0.4) is 0 Å². The van der Waals surface area contributed by atoms with E-state index in [2.05, 4.69) is 23.5 Å². The van der Waals surface area contributed by atoms with Crippen LogP contribution in [-0.4, -0.2) is 14.3 Å². The molecule has 0 atom stereocenters. The van der Waals surface area contributed by atoms with Gasteiger partial charge in [-0.05, 0) is 31.6 Å². The summed E-state index contributed by atoms with van der Waals surface area (Å²) in [6.45, 7) is 6.09. The molecule has 0 spiro atoms. The summed E-state index contributed by atoms with van der Waals surface area (Å²) in [6, 6.07) is 0. The minimum absolute atomic E-state index is 0.0695. The third-order valence-corrected chi connectivity index (χ3v) is 4.00. The fourth-order valence-corrected chi connectivity index (χ4v) is 2.84. The number of hydrogen-bond acceptors (Lipinski definition) is 2. The van der Waals surface area contributed by atoms with E-state index >= 15 is 0 Å². The molecule has 0 fully saturated rings. The van der Waals surface area contributed by atoms with Gasteiger partial charge in [-0.1, -0.05) is 13.8 Å². The zero-order valence-corrected chi connectivity index (χ0v) is 11.7. The highest BCUT2D eigenvalue weighted by Crippen LogP contribution is 2.23. The zero-order valence-electron chi connectivity index (χ0n) is 11.7. The standard InChI is InChI=1S/C15H21N3O/c1-11(2)6-8-18-15(19)13-10-17-7-4-3-5-14(17)12(13)9-16-18/h9-11H,3-8H2,1-2H3. The predicted octanol–water partition coefficient (Wildman–Crippen LogP) is 2.58. The molecule has 0 radical (unpaired) electrons. The summed E-state index contributed by atoms with van der Waals surface area (Å²) in [4.78, 5) is 12.4. The number of fused-ring (bicyclic) bond motifs is 3. The summed E-state index contributed by atoms with van der Waals surface area (Å²) < 4.78 is 3.86. The molecular formula is C15H21N3O. The fourth-order valence-electron chi connectivity index (χ4n) is 2.84. The van der Waals surface area contributed by atoms with Gasteiger partial charge < -0.3 is 4.57 Å². The average Bonchev–Trinajstić information content (AvgIpc) is 2.77. The van der Waals surface area contributed by atoms with Crippen molar-refractivity contribution in [2.75, 3.05) is 0 Å². The normalized spacial score (nSPS) is 15.1. The molecule has 2 aromatic rings. The van der Waals surface area contributed by atoms with Crippen molar-refractivity contribution in [3.63, 3.8) is 0 Å². The lowest BCUT2D eigenvalue weighted by Crippen LogP contribution is -2.23. The molecule has 19 heavy (non-hydrogen) atoms. The molecule has 4 heteroatoms. The average molecular weight is 259 g/mol. The monoisotopic (exact) mass is 259 g/mol. The highest BCUT2D eigenvalue weighted by Gasteiger charge is 2.16. The predicted molar refractivity (Wildman–Crippen MR) is 76.4 cm³/mol. The Hall–Kier alpha value is -1.58. The van der Waals surface area contributed by atoms with Crippen LogP contribution in [0.15, 0.2) is 17.2 Å². The van der Waals surface area contributed by atoms with E-state index < -0.39 is 0 Å². The fraction of sp³-hybridized carbons (Fsp3) is 0.600. The SMILES string of the molecule is CC(C)CCn1ncc2c3n(cc2c1=O)CCCC3. The van der Waals surface area contributed by atoms with Crippen LogP contribution in [0, 0.1) is 5.92 Å². The van der Waals surface area contributed by atoms with Crippen LogP contribution < -0.4 is 5.56 Å². The van der Waals surface area contributed by atoms with Gasteiger partial charge in [0.15, 0.2) is 0 Å². The molecule has 0 aromatic carbocycles. The Balaban J connectivity index is 2.05. The maximum atomic E-state index is 12.4. The molecule has 3 heterocycles.